The second kappa shape index (κ2) is 6.18. The van der Waals surface area contributed by atoms with Gasteiger partial charge in [-0.15, -0.1) is 11.3 Å². The van der Waals surface area contributed by atoms with E-state index in [9.17, 15) is 12.8 Å². The van der Waals surface area contributed by atoms with Gasteiger partial charge in [0, 0.05) is 11.6 Å². The highest BCUT2D eigenvalue weighted by molar-refractivity contribution is 7.91. The number of halogens is 1. The van der Waals surface area contributed by atoms with Crippen molar-refractivity contribution in [1.82, 2.24) is 4.72 Å². The molecular formula is C13H13FN2O2S3. The molecule has 0 bridgehead atoms. The molecule has 4 nitrogen and oxygen atoms in total. The highest BCUT2D eigenvalue weighted by atomic mass is 32.2. The molecule has 1 aromatic carbocycles. The lowest BCUT2D eigenvalue weighted by Gasteiger charge is -2.14. The van der Waals surface area contributed by atoms with Gasteiger partial charge in [0.15, 0.2) is 0 Å². The lowest BCUT2D eigenvalue weighted by molar-refractivity contribution is 0.551. The highest BCUT2D eigenvalue weighted by Crippen LogP contribution is 2.24. The van der Waals surface area contributed by atoms with Crippen molar-refractivity contribution in [1.29, 1.82) is 0 Å². The molecule has 0 amide bonds. The average Bonchev–Trinajstić information content (AvgIpc) is 2.89. The molecule has 8 heteroatoms. The molecule has 0 aliphatic rings. The number of nitrogens with two attached hydrogens (primary N) is 1. The van der Waals surface area contributed by atoms with Gasteiger partial charge in [-0.1, -0.05) is 30.4 Å². The van der Waals surface area contributed by atoms with Crippen LogP contribution in [0.2, 0.25) is 0 Å². The monoisotopic (exact) mass is 344 g/mol. The summed E-state index contributed by atoms with van der Waals surface area (Å²) in [5, 5.41) is 0. The Hall–Kier alpha value is -1.35. The molecule has 1 heterocycles. The Kier molecular flexibility index (Phi) is 4.72. The number of sulfonamides is 1. The Labute approximate surface area is 131 Å². The summed E-state index contributed by atoms with van der Waals surface area (Å²) in [6.07, 6.45) is 0. The van der Waals surface area contributed by atoms with E-state index in [2.05, 4.69) is 4.72 Å². The lowest BCUT2D eigenvalue weighted by Crippen LogP contribution is -2.26. The topological polar surface area (TPSA) is 72.2 Å². The fraction of sp³-hybridized carbons (Fsp3) is 0.154. The van der Waals surface area contributed by atoms with Crippen LogP contribution in [-0.2, 0) is 10.0 Å². The molecule has 3 N–H and O–H groups in total. The van der Waals surface area contributed by atoms with Gasteiger partial charge < -0.3 is 5.73 Å². The number of thiocarbonyl (C=S) groups is 1. The first-order valence-electron chi connectivity index (χ1n) is 5.97. The number of rotatable bonds is 5. The van der Waals surface area contributed by atoms with Crippen LogP contribution >= 0.6 is 23.6 Å². The van der Waals surface area contributed by atoms with Crippen molar-refractivity contribution in [2.45, 2.75) is 17.2 Å². The summed E-state index contributed by atoms with van der Waals surface area (Å²) in [6, 6.07) is 8.32. The van der Waals surface area contributed by atoms with E-state index in [1.165, 1.54) is 18.2 Å². The third-order valence-electron chi connectivity index (χ3n) is 2.79. The van der Waals surface area contributed by atoms with Crippen LogP contribution in [0.25, 0.3) is 0 Å². The third kappa shape index (κ3) is 3.65. The highest BCUT2D eigenvalue weighted by Gasteiger charge is 2.22. The van der Waals surface area contributed by atoms with E-state index in [0.29, 0.717) is 4.88 Å². The number of hydrogen-bond acceptors (Lipinski definition) is 4. The van der Waals surface area contributed by atoms with Crippen molar-refractivity contribution in [2.75, 3.05) is 0 Å². The average molecular weight is 344 g/mol. The van der Waals surface area contributed by atoms with E-state index in [1.54, 1.807) is 25.1 Å². The van der Waals surface area contributed by atoms with E-state index < -0.39 is 21.9 Å². The largest absolute Gasteiger partial charge is 0.389 e. The first-order chi connectivity index (χ1) is 9.81. The Morgan fingerprint density at radius 1 is 1.33 bits per heavy atom. The Morgan fingerprint density at radius 2 is 2.00 bits per heavy atom. The molecule has 112 valence electrons. The summed E-state index contributed by atoms with van der Waals surface area (Å²) in [7, 11) is -3.75. The summed E-state index contributed by atoms with van der Waals surface area (Å²) >= 11 is 5.78. The Balaban J connectivity index is 2.24. The van der Waals surface area contributed by atoms with Crippen molar-refractivity contribution < 1.29 is 12.8 Å². The minimum absolute atomic E-state index is 0.0912. The van der Waals surface area contributed by atoms with Crippen molar-refractivity contribution in [3.63, 3.8) is 0 Å². The summed E-state index contributed by atoms with van der Waals surface area (Å²) in [5.41, 5.74) is 5.74. The zero-order chi connectivity index (χ0) is 15.6. The van der Waals surface area contributed by atoms with Gasteiger partial charge in [0.2, 0.25) is 0 Å². The Bertz CT molecular complexity index is 771. The predicted molar refractivity (Wildman–Crippen MR) is 85.3 cm³/mol. The number of nitrogens with one attached hydrogen (secondary N) is 1. The van der Waals surface area contributed by atoms with Gasteiger partial charge >= 0.3 is 0 Å². The SMILES string of the molecule is CC(NS(=O)(=O)c1ccc(C(N)=S)s1)c1ccccc1F. The molecule has 2 aromatic rings. The molecule has 21 heavy (non-hydrogen) atoms. The van der Waals surface area contributed by atoms with Crippen molar-refractivity contribution in [2.24, 2.45) is 5.73 Å². The van der Waals surface area contributed by atoms with Gasteiger partial charge in [0.05, 0.1) is 4.88 Å². The minimum atomic E-state index is -3.75. The summed E-state index contributed by atoms with van der Waals surface area (Å²) in [6.45, 7) is 1.58. The predicted octanol–water partition coefficient (Wildman–Crippen LogP) is 2.56. The van der Waals surface area contributed by atoms with E-state index in [0.717, 1.165) is 11.3 Å². The van der Waals surface area contributed by atoms with Crippen molar-refractivity contribution in [3.8, 4) is 0 Å². The summed E-state index contributed by atoms with van der Waals surface area (Å²) < 4.78 is 40.7. The minimum Gasteiger partial charge on any atom is -0.389 e. The van der Waals surface area contributed by atoms with Crippen LogP contribution in [0.1, 0.15) is 23.4 Å². The molecule has 0 aliphatic heterocycles. The molecule has 2 rings (SSSR count). The molecule has 1 atom stereocenters. The quantitative estimate of drug-likeness (QED) is 0.818. The fourth-order valence-electron chi connectivity index (χ4n) is 1.78. The zero-order valence-electron chi connectivity index (χ0n) is 11.0. The molecule has 0 fully saturated rings. The lowest BCUT2D eigenvalue weighted by atomic mass is 10.1. The van der Waals surface area contributed by atoms with Gasteiger partial charge in [-0.25, -0.2) is 17.5 Å². The van der Waals surface area contributed by atoms with E-state index in [4.69, 9.17) is 18.0 Å². The third-order valence-corrected chi connectivity index (χ3v) is 6.29. The van der Waals surface area contributed by atoms with Gasteiger partial charge in [-0.3, -0.25) is 0 Å². The summed E-state index contributed by atoms with van der Waals surface area (Å²) in [5.74, 6) is -0.456. The Morgan fingerprint density at radius 3 is 2.57 bits per heavy atom. The second-order valence-corrected chi connectivity index (χ2v) is 7.81. The first kappa shape index (κ1) is 16.0. The van der Waals surface area contributed by atoms with Crippen LogP contribution in [-0.4, -0.2) is 13.4 Å². The van der Waals surface area contributed by atoms with E-state index in [1.807, 2.05) is 0 Å². The van der Waals surface area contributed by atoms with Crippen LogP contribution in [0.4, 0.5) is 4.39 Å². The maximum absolute atomic E-state index is 13.7. The van der Waals surface area contributed by atoms with Crippen LogP contribution in [0.15, 0.2) is 40.6 Å². The molecule has 0 aliphatic carbocycles. The van der Waals surface area contributed by atoms with Crippen molar-refractivity contribution in [3.05, 3.63) is 52.7 Å². The van der Waals surface area contributed by atoms with Crippen LogP contribution < -0.4 is 10.5 Å². The van der Waals surface area contributed by atoms with E-state index >= 15 is 0 Å². The standard InChI is InChI=1S/C13H13FN2O2S3/c1-8(9-4-2-3-5-10(9)14)16-21(17,18)12-7-6-11(20-12)13(15)19/h2-8,16H,1H3,(H2,15,19). The number of hydrogen-bond donors (Lipinski definition) is 2. The zero-order valence-corrected chi connectivity index (χ0v) is 13.5. The molecule has 0 spiro atoms. The van der Waals surface area contributed by atoms with E-state index in [-0.39, 0.29) is 14.8 Å². The van der Waals surface area contributed by atoms with Crippen LogP contribution in [0.3, 0.4) is 0 Å². The van der Waals surface area contributed by atoms with Gasteiger partial charge in [-0.05, 0) is 25.1 Å². The van der Waals surface area contributed by atoms with Gasteiger partial charge in [-0.2, -0.15) is 0 Å². The van der Waals surface area contributed by atoms with Gasteiger partial charge in [0.25, 0.3) is 10.0 Å². The number of benzene rings is 1. The smallest absolute Gasteiger partial charge is 0.250 e. The normalized spacial score (nSPS) is 13.0. The first-order valence-corrected chi connectivity index (χ1v) is 8.68. The summed E-state index contributed by atoms with van der Waals surface area (Å²) in [4.78, 5) is 0.660. The van der Waals surface area contributed by atoms with Crippen molar-refractivity contribution >= 4 is 38.6 Å². The fourth-order valence-corrected chi connectivity index (χ4v) is 4.37. The maximum Gasteiger partial charge on any atom is 0.250 e. The van der Waals surface area contributed by atoms with Gasteiger partial charge in [0.1, 0.15) is 15.0 Å². The second-order valence-electron chi connectivity index (χ2n) is 4.35. The molecule has 0 saturated carbocycles. The number of thiophene rings is 1. The molecule has 0 saturated heterocycles. The molecule has 1 unspecified atom stereocenters. The maximum atomic E-state index is 13.7. The molecule has 0 radical (unpaired) electrons. The molecular weight excluding hydrogens is 331 g/mol. The van der Waals surface area contributed by atoms with Crippen LogP contribution in [0.5, 0.6) is 0 Å². The molecule has 1 aromatic heterocycles. The van der Waals surface area contributed by atoms with Crippen LogP contribution in [0, 0.1) is 5.82 Å².